The average Bonchev–Trinajstić information content (AvgIpc) is 2.21. The third-order valence-electron chi connectivity index (χ3n) is 1.49. The molecule has 2 rings (SSSR count). The van der Waals surface area contributed by atoms with Crippen LogP contribution in [0.3, 0.4) is 0 Å². The summed E-state index contributed by atoms with van der Waals surface area (Å²) in [5, 5.41) is 20.5. The molecule has 1 radical (unpaired) electrons. The summed E-state index contributed by atoms with van der Waals surface area (Å²) in [5.41, 5.74) is 0. The van der Waals surface area contributed by atoms with Crippen LogP contribution in [0, 0.1) is 0 Å². The molecule has 0 unspecified atom stereocenters. The molecule has 0 aliphatic carbocycles. The van der Waals surface area contributed by atoms with E-state index in [0.29, 0.717) is 0 Å². The van der Waals surface area contributed by atoms with E-state index in [0.717, 1.165) is 0 Å². The van der Waals surface area contributed by atoms with E-state index in [2.05, 4.69) is 0 Å². The van der Waals surface area contributed by atoms with Gasteiger partial charge in [-0.1, -0.05) is 60.7 Å². The molecular weight excluding hydrogens is 298 g/mol. The van der Waals surface area contributed by atoms with Crippen LogP contribution < -0.4 is 35.0 Å². The predicted molar refractivity (Wildman–Crippen MR) is 51.8 cm³/mol. The van der Waals surface area contributed by atoms with E-state index in [-0.39, 0.29) is 54.9 Å². The molecule has 0 fully saturated rings. The molecule has 0 aromatic heterocycles. The molecule has 2 aromatic carbocycles. The molecule has 2 aromatic rings. The zero-order chi connectivity index (χ0) is 10.2. The van der Waals surface area contributed by atoms with Crippen LogP contribution in [0.4, 0.5) is 0 Å². The zero-order valence-electron chi connectivity index (χ0n) is 8.79. The van der Waals surface area contributed by atoms with Gasteiger partial charge in [0.1, 0.15) is 0 Å². The Balaban J connectivity index is -0.000000196. The minimum absolute atomic E-state index is 0. The van der Waals surface area contributed by atoms with Crippen molar-refractivity contribution >= 4 is 0 Å². The van der Waals surface area contributed by atoms with Gasteiger partial charge < -0.3 is 35.0 Å². The van der Waals surface area contributed by atoms with E-state index >= 15 is 0 Å². The third-order valence-corrected chi connectivity index (χ3v) is 1.49. The monoisotopic (exact) mass is 307 g/mol. The fraction of sp³-hybridized carbons (Fsp3) is 0. The van der Waals surface area contributed by atoms with E-state index in [4.69, 9.17) is 0 Å². The average molecular weight is 308 g/mol. The molecule has 0 N–H and O–H groups in total. The number of rotatable bonds is 0. The number of para-hydroxylation sites is 2. The smallest absolute Gasteiger partial charge is 1.00 e. The number of benzene rings is 2. The third kappa shape index (κ3) is 11.5. The van der Waals surface area contributed by atoms with Gasteiger partial charge in [-0.05, 0) is 0 Å². The Labute approximate surface area is 125 Å². The van der Waals surface area contributed by atoms with Gasteiger partial charge >= 0.3 is 18.6 Å². The molecule has 0 heterocycles. The van der Waals surface area contributed by atoms with Crippen molar-refractivity contribution in [2.45, 2.75) is 0 Å². The quantitative estimate of drug-likeness (QED) is 0.493. The van der Waals surface area contributed by atoms with Crippen molar-refractivity contribution in [3.8, 4) is 11.5 Å². The van der Waals surface area contributed by atoms with Gasteiger partial charge in [-0.15, -0.1) is 11.5 Å². The van der Waals surface area contributed by atoms with Gasteiger partial charge in [0.15, 0.2) is 0 Å². The van der Waals surface area contributed by atoms with Crippen LogP contribution in [-0.4, -0.2) is 0 Å². The molecule has 0 aliphatic heterocycles. The second kappa shape index (κ2) is 13.3. The van der Waals surface area contributed by atoms with Crippen LogP contribution in [0.1, 0.15) is 0 Å². The Kier molecular flexibility index (Phi) is 16.8. The van der Waals surface area contributed by atoms with Crippen LogP contribution in [0.25, 0.3) is 0 Å². The maximum Gasteiger partial charge on any atom is 2.00 e. The summed E-state index contributed by atoms with van der Waals surface area (Å²) in [4.78, 5) is 0. The molecule has 0 aliphatic rings. The first kappa shape index (κ1) is 21.5. The molecule has 0 atom stereocenters. The van der Waals surface area contributed by atoms with Crippen LogP contribution in [0.5, 0.6) is 11.5 Å². The summed E-state index contributed by atoms with van der Waals surface area (Å²) < 4.78 is 0. The first-order chi connectivity index (χ1) is 6.79. The van der Waals surface area contributed by atoms with Gasteiger partial charge in [0.05, 0.1) is 0 Å². The fourth-order valence-electron chi connectivity index (χ4n) is 0.841. The summed E-state index contributed by atoms with van der Waals surface area (Å²) >= 11 is 0. The first-order valence-corrected chi connectivity index (χ1v) is 4.23. The summed E-state index contributed by atoms with van der Waals surface area (Å²) in [6.07, 6.45) is 0. The van der Waals surface area contributed by atoms with Crippen LogP contribution in [0.15, 0.2) is 60.7 Å². The number of hydrogen-bond donors (Lipinski definition) is 0. The molecule has 2 nitrogen and oxygen atoms in total. The SMILES string of the molecule is [Cl-].[Cl-].[O-]c1ccccc1.[O-]c1ccccc1.[V+2]. The molecule has 17 heavy (non-hydrogen) atoms. The maximum atomic E-state index is 10.3. The number of halogens is 2. The number of hydrogen-bond acceptors (Lipinski definition) is 2. The normalized spacial score (nSPS) is 7.06. The summed E-state index contributed by atoms with van der Waals surface area (Å²) in [5.74, 6) is 0.144. The standard InChI is InChI=1S/2C6H6O.2ClH.V/c2*7-6-4-2-1-3-5-6;;;/h2*1-5,7H;2*1H;/q;;;;+2/p-4. The summed E-state index contributed by atoms with van der Waals surface area (Å²) in [7, 11) is 0. The Hall–Kier alpha value is -0.796. The zero-order valence-corrected chi connectivity index (χ0v) is 11.7. The Morgan fingerprint density at radius 2 is 0.765 bits per heavy atom. The molecule has 0 saturated carbocycles. The molecule has 0 bridgehead atoms. The molecule has 0 amide bonds. The van der Waals surface area contributed by atoms with E-state index in [1.54, 1.807) is 24.3 Å². The van der Waals surface area contributed by atoms with Crippen molar-refractivity contribution in [1.82, 2.24) is 0 Å². The van der Waals surface area contributed by atoms with Gasteiger partial charge in [0, 0.05) is 0 Å². The molecule has 5 heteroatoms. The van der Waals surface area contributed by atoms with Gasteiger partial charge in [0.25, 0.3) is 0 Å². The van der Waals surface area contributed by atoms with Crippen molar-refractivity contribution in [2.75, 3.05) is 0 Å². The van der Waals surface area contributed by atoms with Gasteiger partial charge in [-0.25, -0.2) is 0 Å². The predicted octanol–water partition coefficient (Wildman–Crippen LogP) is -4.47. The molecular formula is C12H10Cl2O2V-2. The van der Waals surface area contributed by atoms with Gasteiger partial charge in [0.2, 0.25) is 0 Å². The van der Waals surface area contributed by atoms with E-state index < -0.39 is 0 Å². The maximum absolute atomic E-state index is 10.3. The van der Waals surface area contributed by atoms with Crippen LogP contribution in [-0.2, 0) is 18.6 Å². The molecule has 0 saturated heterocycles. The minimum Gasteiger partial charge on any atom is -1.00 e. The van der Waals surface area contributed by atoms with Crippen molar-refractivity contribution in [3.05, 3.63) is 60.7 Å². The largest absolute Gasteiger partial charge is 2.00 e. The summed E-state index contributed by atoms with van der Waals surface area (Å²) in [6.45, 7) is 0. The van der Waals surface area contributed by atoms with Crippen molar-refractivity contribution < 1.29 is 53.6 Å². The van der Waals surface area contributed by atoms with Crippen LogP contribution in [0.2, 0.25) is 0 Å². The van der Waals surface area contributed by atoms with E-state index in [1.807, 2.05) is 12.1 Å². The van der Waals surface area contributed by atoms with Gasteiger partial charge in [-0.2, -0.15) is 0 Å². The van der Waals surface area contributed by atoms with Crippen molar-refractivity contribution in [3.63, 3.8) is 0 Å². The Bertz CT molecular complexity index is 320. The second-order valence-corrected chi connectivity index (χ2v) is 2.63. The minimum atomic E-state index is 0. The summed E-state index contributed by atoms with van der Waals surface area (Å²) in [6, 6.07) is 16.7. The molecule has 0 spiro atoms. The van der Waals surface area contributed by atoms with Gasteiger partial charge in [-0.3, -0.25) is 0 Å². The second-order valence-electron chi connectivity index (χ2n) is 2.63. The van der Waals surface area contributed by atoms with Crippen LogP contribution >= 0.6 is 0 Å². The molecule has 91 valence electrons. The van der Waals surface area contributed by atoms with Crippen molar-refractivity contribution in [2.24, 2.45) is 0 Å². The Morgan fingerprint density at radius 3 is 0.882 bits per heavy atom. The van der Waals surface area contributed by atoms with Crippen molar-refractivity contribution in [1.29, 1.82) is 0 Å². The topological polar surface area (TPSA) is 46.1 Å². The first-order valence-electron chi connectivity index (χ1n) is 4.23. The Morgan fingerprint density at radius 1 is 0.529 bits per heavy atom. The fourth-order valence-corrected chi connectivity index (χ4v) is 0.841. The van der Waals surface area contributed by atoms with E-state index in [9.17, 15) is 10.2 Å². The van der Waals surface area contributed by atoms with E-state index in [1.165, 1.54) is 24.3 Å².